The van der Waals surface area contributed by atoms with Crippen LogP contribution in [0.15, 0.2) is 65.7 Å². The average Bonchev–Trinajstić information content (AvgIpc) is 3.57. The molecule has 0 atom stereocenters. The molecule has 5 heterocycles. The number of H-pyrrole nitrogens is 2. The molecule has 6 aromatic rings. The fraction of sp³-hybridized carbons (Fsp3) is 0.0833. The summed E-state index contributed by atoms with van der Waals surface area (Å²) in [5.74, 6) is 0.728. The maximum atomic E-state index is 4.93. The number of aromatic nitrogens is 6. The van der Waals surface area contributed by atoms with Gasteiger partial charge in [-0.25, -0.2) is 4.98 Å². The van der Waals surface area contributed by atoms with E-state index in [0.29, 0.717) is 0 Å². The molecule has 0 saturated heterocycles. The molecule has 0 saturated carbocycles. The molecule has 0 fully saturated rings. The smallest absolute Gasteiger partial charge is 0.159 e. The molecule has 0 amide bonds. The summed E-state index contributed by atoms with van der Waals surface area (Å²) in [5.41, 5.74) is 8.65. The Morgan fingerprint density at radius 3 is 2.75 bits per heavy atom. The van der Waals surface area contributed by atoms with Crippen molar-refractivity contribution in [2.24, 2.45) is 0 Å². The first-order valence-corrected chi connectivity index (χ1v) is 11.1. The summed E-state index contributed by atoms with van der Waals surface area (Å²) in [5, 5.41) is 12.8. The highest BCUT2D eigenvalue weighted by Crippen LogP contribution is 2.33. The van der Waals surface area contributed by atoms with E-state index in [9.17, 15) is 0 Å². The minimum atomic E-state index is 0.728. The lowest BCUT2D eigenvalue weighted by atomic mass is 10.1. The van der Waals surface area contributed by atoms with Crippen LogP contribution in [0.5, 0.6) is 0 Å². The van der Waals surface area contributed by atoms with E-state index < -0.39 is 0 Å². The van der Waals surface area contributed by atoms with E-state index in [1.165, 1.54) is 5.56 Å². The van der Waals surface area contributed by atoms with Crippen LogP contribution < -0.4 is 4.90 Å². The van der Waals surface area contributed by atoms with Gasteiger partial charge in [0.15, 0.2) is 5.82 Å². The highest BCUT2D eigenvalue weighted by molar-refractivity contribution is 7.08. The molecule has 0 radical (unpaired) electrons. The number of nitrogens with one attached hydrogen (secondary N) is 2. The summed E-state index contributed by atoms with van der Waals surface area (Å²) < 4.78 is 0. The average molecular weight is 438 g/mol. The number of rotatable bonds is 4. The van der Waals surface area contributed by atoms with Gasteiger partial charge in [0.05, 0.1) is 40.3 Å². The molecule has 156 valence electrons. The summed E-state index contributed by atoms with van der Waals surface area (Å²) in [6.07, 6.45) is 5.48. The minimum Gasteiger partial charge on any atom is -0.376 e. The Bertz CT molecular complexity index is 1560. The summed E-state index contributed by atoms with van der Waals surface area (Å²) in [6, 6.07) is 12.4. The van der Waals surface area contributed by atoms with Crippen LogP contribution in [0.2, 0.25) is 0 Å². The van der Waals surface area contributed by atoms with Crippen molar-refractivity contribution in [2.45, 2.75) is 0 Å². The molecule has 32 heavy (non-hydrogen) atoms. The number of benzene rings is 1. The fourth-order valence-corrected chi connectivity index (χ4v) is 4.52. The zero-order valence-electron chi connectivity index (χ0n) is 17.5. The Labute approximate surface area is 187 Å². The van der Waals surface area contributed by atoms with Crippen LogP contribution in [0.25, 0.3) is 55.8 Å². The van der Waals surface area contributed by atoms with E-state index in [2.05, 4.69) is 54.1 Å². The second kappa shape index (κ2) is 7.28. The number of aromatic amines is 2. The quantitative estimate of drug-likeness (QED) is 0.388. The maximum Gasteiger partial charge on any atom is 0.159 e. The molecule has 7 nitrogen and oxygen atoms in total. The molecule has 5 aromatic heterocycles. The second-order valence-corrected chi connectivity index (χ2v) is 8.59. The number of thiophene rings is 1. The van der Waals surface area contributed by atoms with E-state index in [1.807, 2.05) is 55.8 Å². The highest BCUT2D eigenvalue weighted by atomic mass is 32.1. The van der Waals surface area contributed by atoms with Crippen molar-refractivity contribution >= 4 is 39.0 Å². The molecule has 1 aromatic carbocycles. The molecule has 0 aliphatic carbocycles. The first-order chi connectivity index (χ1) is 15.7. The van der Waals surface area contributed by atoms with Gasteiger partial charge in [0, 0.05) is 36.8 Å². The lowest BCUT2D eigenvalue weighted by molar-refractivity contribution is 1.10. The number of nitrogens with zero attached hydrogens (tertiary/aromatic N) is 5. The number of anilines is 1. The molecule has 0 spiro atoms. The maximum absolute atomic E-state index is 4.93. The van der Waals surface area contributed by atoms with Crippen LogP contribution in [0, 0.1) is 0 Å². The Kier molecular flexibility index (Phi) is 4.26. The van der Waals surface area contributed by atoms with Gasteiger partial charge in [0.2, 0.25) is 0 Å². The number of para-hydroxylation sites is 1. The predicted octanol–water partition coefficient (Wildman–Crippen LogP) is 5.36. The molecule has 0 bridgehead atoms. The largest absolute Gasteiger partial charge is 0.376 e. The zero-order valence-corrected chi connectivity index (χ0v) is 18.3. The van der Waals surface area contributed by atoms with Crippen LogP contribution in [-0.2, 0) is 0 Å². The standard InChI is InChI=1S/C24H19N7S/c1-31(2)16-8-15(10-25-11-16)20-9-18-21(12-26-20)29-30-23(18)24-27-19-5-3-4-17(22(19)28-24)14-6-7-32-13-14/h3-13H,1-2H3,(H,27,28)(H,29,30). The van der Waals surface area contributed by atoms with Gasteiger partial charge in [0.25, 0.3) is 0 Å². The molecule has 2 N–H and O–H groups in total. The Morgan fingerprint density at radius 1 is 0.969 bits per heavy atom. The molecular weight excluding hydrogens is 418 g/mol. The van der Waals surface area contributed by atoms with Crippen LogP contribution in [0.1, 0.15) is 0 Å². The van der Waals surface area contributed by atoms with Crippen molar-refractivity contribution in [3.05, 3.63) is 65.7 Å². The van der Waals surface area contributed by atoms with Gasteiger partial charge in [-0.1, -0.05) is 12.1 Å². The third-order valence-electron chi connectivity index (χ3n) is 5.55. The highest BCUT2D eigenvalue weighted by Gasteiger charge is 2.16. The van der Waals surface area contributed by atoms with E-state index in [1.54, 1.807) is 11.3 Å². The second-order valence-electron chi connectivity index (χ2n) is 7.81. The number of hydrogen-bond acceptors (Lipinski definition) is 6. The van der Waals surface area contributed by atoms with Crippen LogP contribution in [0.4, 0.5) is 5.69 Å². The number of pyridine rings is 2. The van der Waals surface area contributed by atoms with E-state index in [-0.39, 0.29) is 0 Å². The van der Waals surface area contributed by atoms with E-state index >= 15 is 0 Å². The van der Waals surface area contributed by atoms with Gasteiger partial charge in [-0.15, -0.1) is 0 Å². The lowest BCUT2D eigenvalue weighted by Gasteiger charge is -2.12. The van der Waals surface area contributed by atoms with Gasteiger partial charge >= 0.3 is 0 Å². The number of fused-ring (bicyclic) bond motifs is 2. The summed E-state index contributed by atoms with van der Waals surface area (Å²) in [6.45, 7) is 0. The van der Waals surface area contributed by atoms with Gasteiger partial charge in [-0.05, 0) is 40.6 Å². The van der Waals surface area contributed by atoms with Crippen molar-refractivity contribution in [3.63, 3.8) is 0 Å². The van der Waals surface area contributed by atoms with Crippen molar-refractivity contribution in [2.75, 3.05) is 19.0 Å². The molecule has 0 aliphatic rings. The monoisotopic (exact) mass is 437 g/mol. The van der Waals surface area contributed by atoms with Gasteiger partial charge in [0.1, 0.15) is 5.69 Å². The number of hydrogen-bond donors (Lipinski definition) is 2. The Morgan fingerprint density at radius 2 is 1.91 bits per heavy atom. The van der Waals surface area contributed by atoms with Crippen LogP contribution in [-0.4, -0.2) is 44.2 Å². The first-order valence-electron chi connectivity index (χ1n) is 10.2. The van der Waals surface area contributed by atoms with Crippen molar-refractivity contribution in [3.8, 4) is 33.9 Å². The fourth-order valence-electron chi connectivity index (χ4n) is 3.86. The SMILES string of the molecule is CN(C)c1cncc(-c2cc3c(-c4nc5c(-c6ccsc6)cccc5[nH]4)n[nH]c3cn2)c1. The Balaban J connectivity index is 1.49. The molecular formula is C24H19N7S. The van der Waals surface area contributed by atoms with Crippen molar-refractivity contribution < 1.29 is 0 Å². The normalized spacial score (nSPS) is 11.4. The third-order valence-corrected chi connectivity index (χ3v) is 6.24. The van der Waals surface area contributed by atoms with Gasteiger partial charge in [-0.3, -0.25) is 15.1 Å². The molecule has 6 rings (SSSR count). The summed E-state index contributed by atoms with van der Waals surface area (Å²) in [7, 11) is 4.00. The number of imidazole rings is 1. The first kappa shape index (κ1) is 18.7. The minimum absolute atomic E-state index is 0.728. The zero-order chi connectivity index (χ0) is 21.7. The molecule has 8 heteroatoms. The van der Waals surface area contributed by atoms with Crippen LogP contribution in [0.3, 0.4) is 0 Å². The molecule has 0 aliphatic heterocycles. The molecule has 0 unspecified atom stereocenters. The summed E-state index contributed by atoms with van der Waals surface area (Å²) in [4.78, 5) is 19.4. The van der Waals surface area contributed by atoms with Crippen molar-refractivity contribution in [1.82, 2.24) is 30.1 Å². The van der Waals surface area contributed by atoms with Gasteiger partial charge < -0.3 is 9.88 Å². The summed E-state index contributed by atoms with van der Waals surface area (Å²) >= 11 is 1.68. The predicted molar refractivity (Wildman–Crippen MR) is 130 cm³/mol. The van der Waals surface area contributed by atoms with E-state index in [0.717, 1.165) is 56.0 Å². The van der Waals surface area contributed by atoms with Crippen molar-refractivity contribution in [1.29, 1.82) is 0 Å². The Hall–Kier alpha value is -4.04. The topological polar surface area (TPSA) is 86.4 Å². The third kappa shape index (κ3) is 3.04. The van der Waals surface area contributed by atoms with Gasteiger partial charge in [-0.2, -0.15) is 16.4 Å². The van der Waals surface area contributed by atoms with E-state index in [4.69, 9.17) is 4.98 Å². The van der Waals surface area contributed by atoms with Crippen LogP contribution >= 0.6 is 11.3 Å². The lowest BCUT2D eigenvalue weighted by Crippen LogP contribution is -2.08.